The Morgan fingerprint density at radius 2 is 2.03 bits per heavy atom. The standard InChI is InChI=1S/C21H24N6O3S/c1-13-17(20(31-3)25-18(23-13)16-5-4-10-30-16)21(29)27-8-6-15(7-9-27)24-19(28)14-11-22-26(2)12-14/h4-5,10-12,15H,6-9H2,1-3H3,(H,24,28). The summed E-state index contributed by atoms with van der Waals surface area (Å²) in [6, 6.07) is 3.60. The summed E-state index contributed by atoms with van der Waals surface area (Å²) in [7, 11) is 1.77. The Balaban J connectivity index is 1.43. The van der Waals surface area contributed by atoms with E-state index in [0.29, 0.717) is 59.4 Å². The first-order valence-electron chi connectivity index (χ1n) is 10.0. The van der Waals surface area contributed by atoms with Crippen molar-refractivity contribution >= 4 is 23.6 Å². The Labute approximate surface area is 184 Å². The number of carbonyl (C=O) groups is 2. The Bertz CT molecular complexity index is 1090. The maximum atomic E-state index is 13.3. The van der Waals surface area contributed by atoms with Crippen molar-refractivity contribution in [2.75, 3.05) is 19.3 Å². The van der Waals surface area contributed by atoms with Gasteiger partial charge in [-0.2, -0.15) is 5.10 Å². The zero-order chi connectivity index (χ0) is 22.0. The number of hydrogen-bond acceptors (Lipinski definition) is 7. The Morgan fingerprint density at radius 3 is 2.65 bits per heavy atom. The molecule has 4 heterocycles. The van der Waals surface area contributed by atoms with E-state index in [0.717, 1.165) is 0 Å². The lowest BCUT2D eigenvalue weighted by Crippen LogP contribution is -2.46. The monoisotopic (exact) mass is 440 g/mol. The average molecular weight is 441 g/mol. The molecule has 3 aromatic rings. The van der Waals surface area contributed by atoms with Crippen molar-refractivity contribution in [3.05, 3.63) is 47.6 Å². The van der Waals surface area contributed by atoms with E-state index in [1.807, 2.05) is 18.1 Å². The topological polar surface area (TPSA) is 106 Å². The molecule has 0 saturated carbocycles. The fraction of sp³-hybridized carbons (Fsp3) is 0.381. The second kappa shape index (κ2) is 8.93. The zero-order valence-electron chi connectivity index (χ0n) is 17.7. The quantitative estimate of drug-likeness (QED) is 0.480. The van der Waals surface area contributed by atoms with Crippen LogP contribution in [0.1, 0.15) is 39.3 Å². The third kappa shape index (κ3) is 4.48. The van der Waals surface area contributed by atoms with Gasteiger partial charge in [-0.15, -0.1) is 11.8 Å². The number of amides is 2. The van der Waals surface area contributed by atoms with Crippen molar-refractivity contribution in [1.29, 1.82) is 0 Å². The maximum Gasteiger partial charge on any atom is 0.258 e. The minimum atomic E-state index is -0.139. The third-order valence-corrected chi connectivity index (χ3v) is 5.97. The lowest BCUT2D eigenvalue weighted by Gasteiger charge is -2.32. The number of nitrogens with one attached hydrogen (secondary N) is 1. The first-order valence-corrected chi connectivity index (χ1v) is 11.2. The second-order valence-electron chi connectivity index (χ2n) is 7.44. The minimum absolute atomic E-state index is 0.0236. The predicted octanol–water partition coefficient (Wildman–Crippen LogP) is 2.54. The van der Waals surface area contributed by atoms with Crippen LogP contribution in [0.25, 0.3) is 11.6 Å². The van der Waals surface area contributed by atoms with Crippen LogP contribution in [0.4, 0.5) is 0 Å². The molecule has 1 saturated heterocycles. The van der Waals surface area contributed by atoms with Gasteiger partial charge < -0.3 is 14.6 Å². The normalized spacial score (nSPS) is 14.6. The molecule has 0 aliphatic carbocycles. The lowest BCUT2D eigenvalue weighted by molar-refractivity contribution is 0.0692. The molecule has 1 aliphatic rings. The van der Waals surface area contributed by atoms with Gasteiger partial charge in [-0.25, -0.2) is 9.97 Å². The van der Waals surface area contributed by atoms with Gasteiger partial charge in [-0.05, 0) is 38.2 Å². The number of aryl methyl sites for hydroxylation is 2. The van der Waals surface area contributed by atoms with Crippen LogP contribution in [0.5, 0.6) is 0 Å². The molecule has 10 heteroatoms. The largest absolute Gasteiger partial charge is 0.461 e. The summed E-state index contributed by atoms with van der Waals surface area (Å²) in [6.45, 7) is 2.94. The van der Waals surface area contributed by atoms with E-state index in [1.54, 1.807) is 42.5 Å². The SMILES string of the molecule is CSc1nc(-c2ccco2)nc(C)c1C(=O)N1CCC(NC(=O)c2cnn(C)c2)CC1. The number of carbonyl (C=O) groups excluding carboxylic acids is 2. The van der Waals surface area contributed by atoms with Gasteiger partial charge in [0.1, 0.15) is 5.03 Å². The molecule has 31 heavy (non-hydrogen) atoms. The van der Waals surface area contributed by atoms with Crippen LogP contribution < -0.4 is 5.32 Å². The molecule has 0 aromatic carbocycles. The van der Waals surface area contributed by atoms with Gasteiger partial charge in [0, 0.05) is 32.4 Å². The summed E-state index contributed by atoms with van der Waals surface area (Å²) in [4.78, 5) is 36.5. The van der Waals surface area contributed by atoms with Crippen LogP contribution in [0.2, 0.25) is 0 Å². The Hall–Kier alpha value is -3.14. The second-order valence-corrected chi connectivity index (χ2v) is 8.23. The molecule has 0 radical (unpaired) electrons. The maximum absolute atomic E-state index is 13.3. The molecule has 2 amide bonds. The predicted molar refractivity (Wildman–Crippen MR) is 116 cm³/mol. The first kappa shape index (κ1) is 21.1. The number of rotatable bonds is 5. The van der Waals surface area contributed by atoms with E-state index in [2.05, 4.69) is 20.4 Å². The van der Waals surface area contributed by atoms with Crippen molar-refractivity contribution in [3.63, 3.8) is 0 Å². The van der Waals surface area contributed by atoms with Crippen LogP contribution >= 0.6 is 11.8 Å². The summed E-state index contributed by atoms with van der Waals surface area (Å²) in [6.07, 6.45) is 8.08. The minimum Gasteiger partial charge on any atom is -0.461 e. The number of thioether (sulfide) groups is 1. The highest BCUT2D eigenvalue weighted by Crippen LogP contribution is 2.27. The fourth-order valence-corrected chi connectivity index (χ4v) is 4.27. The van der Waals surface area contributed by atoms with Crippen molar-refractivity contribution in [2.45, 2.75) is 30.8 Å². The van der Waals surface area contributed by atoms with Crippen LogP contribution in [-0.2, 0) is 7.05 Å². The Morgan fingerprint density at radius 1 is 1.26 bits per heavy atom. The lowest BCUT2D eigenvalue weighted by atomic mass is 10.0. The number of aromatic nitrogens is 4. The van der Waals surface area contributed by atoms with Gasteiger partial charge in [0.05, 0.1) is 29.3 Å². The number of hydrogen-bond donors (Lipinski definition) is 1. The van der Waals surface area contributed by atoms with Crippen molar-refractivity contribution < 1.29 is 14.0 Å². The van der Waals surface area contributed by atoms with Crippen molar-refractivity contribution in [2.24, 2.45) is 7.05 Å². The van der Waals surface area contributed by atoms with Gasteiger partial charge in [-0.3, -0.25) is 14.3 Å². The van der Waals surface area contributed by atoms with E-state index in [4.69, 9.17) is 4.42 Å². The van der Waals surface area contributed by atoms with E-state index in [9.17, 15) is 9.59 Å². The van der Waals surface area contributed by atoms with E-state index < -0.39 is 0 Å². The smallest absolute Gasteiger partial charge is 0.258 e. The van der Waals surface area contributed by atoms with Gasteiger partial charge in [0.15, 0.2) is 11.6 Å². The molecular formula is C21H24N6O3S. The highest BCUT2D eigenvalue weighted by Gasteiger charge is 2.28. The summed E-state index contributed by atoms with van der Waals surface area (Å²) in [5.74, 6) is 0.827. The number of furan rings is 1. The van der Waals surface area contributed by atoms with Crippen LogP contribution in [0, 0.1) is 6.92 Å². The summed E-state index contributed by atoms with van der Waals surface area (Å²) >= 11 is 1.42. The summed E-state index contributed by atoms with van der Waals surface area (Å²) in [5.41, 5.74) is 1.69. The zero-order valence-corrected chi connectivity index (χ0v) is 18.5. The molecular weight excluding hydrogens is 416 g/mol. The number of nitrogens with zero attached hydrogens (tertiary/aromatic N) is 5. The molecule has 0 bridgehead atoms. The summed E-state index contributed by atoms with van der Waals surface area (Å²) in [5, 5.41) is 7.70. The molecule has 0 atom stereocenters. The van der Waals surface area contributed by atoms with E-state index >= 15 is 0 Å². The van der Waals surface area contributed by atoms with E-state index in [-0.39, 0.29) is 17.9 Å². The number of likely N-dealkylation sites (tertiary alicyclic amines) is 1. The highest BCUT2D eigenvalue weighted by atomic mass is 32.2. The number of piperidine rings is 1. The highest BCUT2D eigenvalue weighted by molar-refractivity contribution is 7.98. The molecule has 3 aromatic heterocycles. The molecule has 0 spiro atoms. The molecule has 1 fully saturated rings. The van der Waals surface area contributed by atoms with E-state index in [1.165, 1.54) is 11.8 Å². The molecule has 162 valence electrons. The van der Waals surface area contributed by atoms with Crippen molar-refractivity contribution in [3.8, 4) is 11.6 Å². The molecule has 1 N–H and O–H groups in total. The summed E-state index contributed by atoms with van der Waals surface area (Å²) < 4.78 is 7.00. The van der Waals surface area contributed by atoms with Crippen LogP contribution in [0.3, 0.4) is 0 Å². The molecule has 1 aliphatic heterocycles. The average Bonchev–Trinajstić information content (AvgIpc) is 3.45. The van der Waals surface area contributed by atoms with Gasteiger partial charge >= 0.3 is 0 Å². The fourth-order valence-electron chi connectivity index (χ4n) is 3.65. The van der Waals surface area contributed by atoms with Crippen LogP contribution in [0.15, 0.2) is 40.2 Å². The molecule has 9 nitrogen and oxygen atoms in total. The molecule has 4 rings (SSSR count). The van der Waals surface area contributed by atoms with Gasteiger partial charge in [0.2, 0.25) is 0 Å². The Kier molecular flexibility index (Phi) is 6.08. The van der Waals surface area contributed by atoms with Gasteiger partial charge in [0.25, 0.3) is 11.8 Å². The van der Waals surface area contributed by atoms with Gasteiger partial charge in [-0.1, -0.05) is 0 Å². The third-order valence-electron chi connectivity index (χ3n) is 5.29. The first-order chi connectivity index (χ1) is 15.0. The van der Waals surface area contributed by atoms with Crippen LogP contribution in [-0.4, -0.2) is 61.8 Å². The molecule has 0 unspecified atom stereocenters. The van der Waals surface area contributed by atoms with Crippen molar-refractivity contribution in [1.82, 2.24) is 30.0 Å².